The molecule has 3 N–H and O–H groups in total. The molecule has 29 heavy (non-hydrogen) atoms. The van der Waals surface area contributed by atoms with E-state index in [9.17, 15) is 14.4 Å². The lowest BCUT2D eigenvalue weighted by atomic mass is 10.3. The summed E-state index contributed by atoms with van der Waals surface area (Å²) in [6, 6.07) is 0.459. The molecule has 2 saturated heterocycles. The second kappa shape index (κ2) is 12.8. The molecule has 2 aliphatic heterocycles. The first-order chi connectivity index (χ1) is 13.9. The summed E-state index contributed by atoms with van der Waals surface area (Å²) in [6.07, 6.45) is 3.71. The van der Waals surface area contributed by atoms with E-state index in [1.54, 1.807) is 0 Å². The van der Waals surface area contributed by atoms with Crippen molar-refractivity contribution in [2.45, 2.75) is 44.6 Å². The van der Waals surface area contributed by atoms with Crippen molar-refractivity contribution in [3.8, 4) is 0 Å². The Labute approximate surface area is 173 Å². The fourth-order valence-corrected chi connectivity index (χ4v) is 3.91. The van der Waals surface area contributed by atoms with E-state index in [2.05, 4.69) is 32.4 Å². The van der Waals surface area contributed by atoms with Crippen LogP contribution in [0.25, 0.3) is 0 Å². The van der Waals surface area contributed by atoms with Crippen molar-refractivity contribution in [2.24, 2.45) is 0 Å². The van der Waals surface area contributed by atoms with Crippen molar-refractivity contribution >= 4 is 17.8 Å². The number of carboxylic acids is 1. The summed E-state index contributed by atoms with van der Waals surface area (Å²) in [5.41, 5.74) is 0. The number of carbonyl (C=O) groups is 3. The van der Waals surface area contributed by atoms with Gasteiger partial charge in [0, 0.05) is 64.7 Å². The number of piperazine rings is 1. The van der Waals surface area contributed by atoms with Crippen LogP contribution in [0.2, 0.25) is 0 Å². The molecule has 2 heterocycles. The summed E-state index contributed by atoms with van der Waals surface area (Å²) in [5.74, 6) is -0.931. The van der Waals surface area contributed by atoms with Crippen LogP contribution in [-0.4, -0.2) is 110 Å². The van der Waals surface area contributed by atoms with Crippen LogP contribution >= 0.6 is 0 Å². The smallest absolute Gasteiger partial charge is 0.303 e. The number of carbonyl (C=O) groups excluding carboxylic acids is 2. The summed E-state index contributed by atoms with van der Waals surface area (Å²) in [7, 11) is 2.16. The van der Waals surface area contributed by atoms with Crippen molar-refractivity contribution in [2.75, 3.05) is 66.0 Å². The summed E-state index contributed by atoms with van der Waals surface area (Å²) in [5, 5.41) is 14.2. The molecule has 0 aromatic rings. The molecule has 0 bridgehead atoms. The van der Waals surface area contributed by atoms with Gasteiger partial charge in [0.05, 0.1) is 6.54 Å². The van der Waals surface area contributed by atoms with Crippen molar-refractivity contribution < 1.29 is 19.5 Å². The molecule has 166 valence electrons. The molecule has 9 heteroatoms. The largest absolute Gasteiger partial charge is 0.481 e. The van der Waals surface area contributed by atoms with Gasteiger partial charge >= 0.3 is 5.97 Å². The third-order valence-corrected chi connectivity index (χ3v) is 5.70. The monoisotopic (exact) mass is 426 g/mol. The third-order valence-electron chi connectivity index (χ3n) is 5.70. The van der Waals surface area contributed by atoms with Crippen LogP contribution in [0.3, 0.4) is 0 Å². The highest BCUT2D eigenvalue weighted by Gasteiger charge is 2.28. The van der Waals surface area contributed by atoms with Gasteiger partial charge in [-0.25, -0.2) is 0 Å². The summed E-state index contributed by atoms with van der Waals surface area (Å²) in [4.78, 5) is 41.5. The van der Waals surface area contributed by atoms with Gasteiger partial charge in [-0.15, -0.1) is 0 Å². The molecule has 1 atom stereocenters. The predicted molar refractivity (Wildman–Crippen MR) is 111 cm³/mol. The van der Waals surface area contributed by atoms with Crippen molar-refractivity contribution in [1.82, 2.24) is 25.3 Å². The summed E-state index contributed by atoms with van der Waals surface area (Å²) < 4.78 is 0. The number of nitrogens with one attached hydrogen (secondary N) is 2. The lowest BCUT2D eigenvalue weighted by molar-refractivity contribution is -0.137. The van der Waals surface area contributed by atoms with Gasteiger partial charge in [0.25, 0.3) is 0 Å². The van der Waals surface area contributed by atoms with Crippen molar-refractivity contribution in [3.63, 3.8) is 0 Å². The number of likely N-dealkylation sites (tertiary alicyclic amines) is 1. The number of nitrogens with zero attached hydrogens (tertiary/aromatic N) is 3. The molecule has 0 spiro atoms. The fraction of sp³-hybridized carbons (Fsp3) is 0.850. The van der Waals surface area contributed by atoms with E-state index >= 15 is 0 Å². The highest BCUT2D eigenvalue weighted by molar-refractivity contribution is 5.78. The number of aliphatic carboxylic acids is 1. The van der Waals surface area contributed by atoms with Crippen LogP contribution in [0, 0.1) is 0 Å². The van der Waals surface area contributed by atoms with E-state index in [0.717, 1.165) is 52.1 Å². The van der Waals surface area contributed by atoms with Gasteiger partial charge in [0.1, 0.15) is 0 Å². The Hall–Kier alpha value is -1.71. The van der Waals surface area contributed by atoms with Gasteiger partial charge in [0.2, 0.25) is 11.8 Å². The Morgan fingerprint density at radius 3 is 2.28 bits per heavy atom. The average Bonchev–Trinajstić information content (AvgIpc) is 3.10. The van der Waals surface area contributed by atoms with Crippen LogP contribution in [0.15, 0.2) is 0 Å². The van der Waals surface area contributed by atoms with E-state index in [0.29, 0.717) is 44.9 Å². The number of carboxylic acid groups (broad SMARTS) is 1. The predicted octanol–water partition coefficient (Wildman–Crippen LogP) is -0.424. The second-order valence-electron chi connectivity index (χ2n) is 8.17. The molecule has 2 rings (SSSR count). The molecule has 0 aromatic heterocycles. The lowest BCUT2D eigenvalue weighted by Gasteiger charge is -2.36. The van der Waals surface area contributed by atoms with E-state index < -0.39 is 5.97 Å². The van der Waals surface area contributed by atoms with E-state index in [1.165, 1.54) is 0 Å². The van der Waals surface area contributed by atoms with Crippen LogP contribution in [-0.2, 0) is 14.4 Å². The molecule has 0 aliphatic carbocycles. The molecule has 2 fully saturated rings. The lowest BCUT2D eigenvalue weighted by Crippen LogP contribution is -2.50. The Kier molecular flexibility index (Phi) is 10.4. The molecule has 9 nitrogen and oxygen atoms in total. The zero-order valence-electron chi connectivity index (χ0n) is 17.7. The van der Waals surface area contributed by atoms with Gasteiger partial charge in [0.15, 0.2) is 0 Å². The van der Waals surface area contributed by atoms with Gasteiger partial charge in [-0.3, -0.25) is 24.2 Å². The minimum atomic E-state index is -0.856. The minimum absolute atomic E-state index is 0.0251. The maximum Gasteiger partial charge on any atom is 0.303 e. The SMILES string of the molecule is C[15N]1CC[15N]([13CH2]C2CCC[15N]2CC(=O)N[13CH2][13CH2][13CH2][13C](=O)[15NH][13CH2][13CH2][13CH2][13C](=O)O)[13CH2][13CH2]1. The molecule has 1 unspecified atom stereocenters. The van der Waals surface area contributed by atoms with Crippen molar-refractivity contribution in [3.05, 3.63) is 0 Å². The number of likely N-dealkylation sites (N-methyl/N-ethyl adjacent to an activating group) is 1. The normalized spacial score (nSPS) is 21.2. The quantitative estimate of drug-likeness (QED) is 0.221. The number of amides is 2. The zero-order chi connectivity index (χ0) is 21.1. The molecular weight excluding hydrogens is 389 g/mol. The Bertz CT molecular complexity index is 537. The highest BCUT2D eigenvalue weighted by atomic mass is 16.5. The molecule has 2 aliphatic rings. The first-order valence-corrected chi connectivity index (χ1v) is 10.8. The topological polar surface area (TPSA) is 105 Å². The minimum Gasteiger partial charge on any atom is -0.481 e. The highest BCUT2D eigenvalue weighted by Crippen LogP contribution is 2.18. The van der Waals surface area contributed by atoms with Gasteiger partial charge in [-0.1, -0.05) is 0 Å². The van der Waals surface area contributed by atoms with Crippen LogP contribution < -0.4 is 10.6 Å². The average molecular weight is 426 g/mol. The van der Waals surface area contributed by atoms with Crippen LogP contribution in [0.5, 0.6) is 0 Å². The Morgan fingerprint density at radius 2 is 1.59 bits per heavy atom. The molecule has 0 saturated carbocycles. The number of hydrogen-bond acceptors (Lipinski definition) is 6. The fourth-order valence-electron chi connectivity index (χ4n) is 3.91. The Morgan fingerprint density at radius 1 is 0.931 bits per heavy atom. The molecular formula is C20H37N5O4. The standard InChI is InChI=1S/C20H37N5O4/c1-23-11-13-24(14-12-23)15-17-5-4-10-25(17)16-19(27)22-8-2-6-18(26)21-9-3-7-20(28)29/h17H,2-16H2,1H3,(H,21,26)(H,22,27)(H,28,29)/i2+1,3+1,6+1,7+1,8+1,9+1,11+1,13+1,15+1,18+1,20+1,21+1,23+1,24+1,25+1. The van der Waals surface area contributed by atoms with Crippen LogP contribution in [0.1, 0.15) is 38.5 Å². The zero-order valence-corrected chi connectivity index (χ0v) is 17.7. The van der Waals surface area contributed by atoms with Gasteiger partial charge in [-0.2, -0.15) is 0 Å². The summed E-state index contributed by atoms with van der Waals surface area (Å²) in [6.45, 7) is 7.74. The second-order valence-corrected chi connectivity index (χ2v) is 8.17. The van der Waals surface area contributed by atoms with Gasteiger partial charge < -0.3 is 20.6 Å². The Balaban J connectivity index is 1.55. The molecule has 2 amide bonds. The third kappa shape index (κ3) is 9.56. The first-order valence-electron chi connectivity index (χ1n) is 10.8. The van der Waals surface area contributed by atoms with Gasteiger partial charge in [-0.05, 0) is 39.3 Å². The maximum atomic E-state index is 12.3. The van der Waals surface area contributed by atoms with E-state index in [1.807, 2.05) is 0 Å². The van der Waals surface area contributed by atoms with Crippen molar-refractivity contribution in [1.29, 1.82) is 0 Å². The maximum absolute atomic E-state index is 12.3. The number of hydrogen-bond donors (Lipinski definition) is 3. The summed E-state index contributed by atoms with van der Waals surface area (Å²) >= 11 is 0. The molecule has 0 aromatic carbocycles. The molecule has 0 radical (unpaired) electrons. The first kappa shape index (κ1) is 23.6. The van der Waals surface area contributed by atoms with E-state index in [4.69, 9.17) is 5.11 Å². The number of rotatable bonds is 12. The van der Waals surface area contributed by atoms with E-state index in [-0.39, 0.29) is 18.2 Å². The van der Waals surface area contributed by atoms with Crippen LogP contribution in [0.4, 0.5) is 0 Å².